The molecule has 6 heteroatoms. The minimum absolute atomic E-state index is 0.0128. The molecule has 2 amide bonds. The van der Waals surface area contributed by atoms with Crippen molar-refractivity contribution in [3.63, 3.8) is 0 Å². The van der Waals surface area contributed by atoms with E-state index in [0.29, 0.717) is 12.8 Å². The van der Waals surface area contributed by atoms with Crippen LogP contribution in [0.5, 0.6) is 0 Å². The van der Waals surface area contributed by atoms with Crippen LogP contribution in [-0.2, 0) is 14.4 Å². The first-order valence-corrected chi connectivity index (χ1v) is 6.75. The highest BCUT2D eigenvalue weighted by atomic mass is 16.4. The predicted octanol–water partition coefficient (Wildman–Crippen LogP) is 0.793. The van der Waals surface area contributed by atoms with E-state index < -0.39 is 17.3 Å². The Balaban J connectivity index is 2.55. The highest BCUT2D eigenvalue weighted by Gasteiger charge is 2.40. The number of primary amides is 1. The largest absolute Gasteiger partial charge is 0.481 e. The number of carbonyl (C=O) groups excluding carboxylic acids is 2. The fourth-order valence-corrected chi connectivity index (χ4v) is 2.57. The molecule has 0 aromatic heterocycles. The third-order valence-electron chi connectivity index (χ3n) is 3.71. The van der Waals surface area contributed by atoms with E-state index in [2.05, 4.69) is 5.32 Å². The lowest BCUT2D eigenvalue weighted by Crippen LogP contribution is -2.38. The van der Waals surface area contributed by atoms with Crippen molar-refractivity contribution in [1.82, 2.24) is 5.32 Å². The quantitative estimate of drug-likeness (QED) is 0.620. The molecule has 1 rings (SSSR count). The summed E-state index contributed by atoms with van der Waals surface area (Å²) >= 11 is 0. The molecule has 0 bridgehead atoms. The summed E-state index contributed by atoms with van der Waals surface area (Å²) in [6, 6.07) is 0. The molecule has 0 saturated heterocycles. The monoisotopic (exact) mass is 270 g/mol. The average Bonchev–Trinajstić information content (AvgIpc) is 2.55. The molecule has 6 nitrogen and oxygen atoms in total. The van der Waals surface area contributed by atoms with Gasteiger partial charge in [0.1, 0.15) is 0 Å². The van der Waals surface area contributed by atoms with Gasteiger partial charge in [0.05, 0.1) is 5.41 Å². The zero-order valence-electron chi connectivity index (χ0n) is 11.1. The molecule has 0 unspecified atom stereocenters. The van der Waals surface area contributed by atoms with Gasteiger partial charge in [-0.05, 0) is 12.8 Å². The van der Waals surface area contributed by atoms with Gasteiger partial charge >= 0.3 is 5.97 Å². The van der Waals surface area contributed by atoms with Crippen LogP contribution in [0.4, 0.5) is 0 Å². The summed E-state index contributed by atoms with van der Waals surface area (Å²) in [5, 5.41) is 12.0. The van der Waals surface area contributed by atoms with E-state index in [0.717, 1.165) is 25.7 Å². The lowest BCUT2D eigenvalue weighted by Gasteiger charge is -2.27. The topological polar surface area (TPSA) is 109 Å². The highest BCUT2D eigenvalue weighted by molar-refractivity contribution is 5.85. The van der Waals surface area contributed by atoms with E-state index in [1.807, 2.05) is 0 Å². The standard InChI is InChI=1S/C13H22N2O4/c14-10(16)5-8-15-11(17)9-13(12(18)19)6-3-1-2-4-7-13/h1-9H2,(H2,14,16)(H,15,17)(H,18,19). The van der Waals surface area contributed by atoms with Gasteiger partial charge in [-0.1, -0.05) is 25.7 Å². The molecule has 1 fully saturated rings. The molecule has 108 valence electrons. The predicted molar refractivity (Wildman–Crippen MR) is 69.2 cm³/mol. The van der Waals surface area contributed by atoms with Gasteiger partial charge in [-0.2, -0.15) is 0 Å². The number of amides is 2. The van der Waals surface area contributed by atoms with Crippen molar-refractivity contribution in [2.45, 2.75) is 51.4 Å². The summed E-state index contributed by atoms with van der Waals surface area (Å²) in [7, 11) is 0. The number of carboxylic acids is 1. The van der Waals surface area contributed by atoms with Crippen molar-refractivity contribution in [2.75, 3.05) is 6.54 Å². The molecule has 0 aliphatic heterocycles. The van der Waals surface area contributed by atoms with Gasteiger partial charge in [0.2, 0.25) is 11.8 Å². The fraction of sp³-hybridized carbons (Fsp3) is 0.769. The Kier molecular flexibility index (Phi) is 5.79. The normalized spacial score (nSPS) is 18.3. The SMILES string of the molecule is NC(=O)CCNC(=O)CC1(C(=O)O)CCCCCC1. The van der Waals surface area contributed by atoms with Crippen molar-refractivity contribution in [2.24, 2.45) is 11.1 Å². The molecule has 0 atom stereocenters. The molecule has 0 heterocycles. The molecule has 0 aromatic carbocycles. The van der Waals surface area contributed by atoms with Crippen LogP contribution < -0.4 is 11.1 Å². The van der Waals surface area contributed by atoms with Gasteiger partial charge in [-0.25, -0.2) is 0 Å². The van der Waals surface area contributed by atoms with Gasteiger partial charge in [0.25, 0.3) is 0 Å². The Morgan fingerprint density at radius 2 is 1.68 bits per heavy atom. The van der Waals surface area contributed by atoms with Crippen LogP contribution in [-0.4, -0.2) is 29.4 Å². The Morgan fingerprint density at radius 3 is 2.16 bits per heavy atom. The lowest BCUT2D eigenvalue weighted by molar-refractivity contribution is -0.152. The van der Waals surface area contributed by atoms with Crippen molar-refractivity contribution < 1.29 is 19.5 Å². The zero-order chi connectivity index (χ0) is 14.3. The fourth-order valence-electron chi connectivity index (χ4n) is 2.57. The van der Waals surface area contributed by atoms with E-state index in [4.69, 9.17) is 5.73 Å². The molecular weight excluding hydrogens is 248 g/mol. The number of nitrogens with two attached hydrogens (primary N) is 1. The maximum absolute atomic E-state index is 11.8. The third kappa shape index (κ3) is 4.89. The maximum Gasteiger partial charge on any atom is 0.310 e. The second-order valence-electron chi connectivity index (χ2n) is 5.24. The third-order valence-corrected chi connectivity index (χ3v) is 3.71. The van der Waals surface area contributed by atoms with Crippen LogP contribution in [0, 0.1) is 5.41 Å². The minimum atomic E-state index is -0.937. The van der Waals surface area contributed by atoms with Crippen LogP contribution in [0.25, 0.3) is 0 Å². The first-order chi connectivity index (χ1) is 8.96. The molecule has 1 aliphatic carbocycles. The van der Waals surface area contributed by atoms with Crippen molar-refractivity contribution in [3.05, 3.63) is 0 Å². The summed E-state index contributed by atoms with van der Waals surface area (Å²) in [5.41, 5.74) is 4.04. The van der Waals surface area contributed by atoms with Gasteiger partial charge in [0.15, 0.2) is 0 Å². The van der Waals surface area contributed by atoms with Gasteiger partial charge < -0.3 is 16.2 Å². The Labute approximate surface area is 112 Å². The molecule has 0 aromatic rings. The summed E-state index contributed by atoms with van der Waals surface area (Å²) < 4.78 is 0. The number of carboxylic acid groups (broad SMARTS) is 1. The first kappa shape index (κ1) is 15.5. The second kappa shape index (κ2) is 7.11. The summed E-state index contributed by atoms with van der Waals surface area (Å²) in [5.74, 6) is -1.69. The number of carbonyl (C=O) groups is 3. The van der Waals surface area contributed by atoms with Crippen LogP contribution >= 0.6 is 0 Å². The van der Waals surface area contributed by atoms with Gasteiger partial charge in [0, 0.05) is 19.4 Å². The van der Waals surface area contributed by atoms with E-state index >= 15 is 0 Å². The smallest absolute Gasteiger partial charge is 0.310 e. The molecule has 4 N–H and O–H groups in total. The summed E-state index contributed by atoms with van der Waals surface area (Å²) in [4.78, 5) is 33.8. The Morgan fingerprint density at radius 1 is 1.11 bits per heavy atom. The van der Waals surface area contributed by atoms with Crippen LogP contribution in [0.15, 0.2) is 0 Å². The minimum Gasteiger partial charge on any atom is -0.481 e. The van der Waals surface area contributed by atoms with Crippen LogP contribution in [0.3, 0.4) is 0 Å². The van der Waals surface area contributed by atoms with Crippen molar-refractivity contribution >= 4 is 17.8 Å². The number of aliphatic carboxylic acids is 1. The zero-order valence-corrected chi connectivity index (χ0v) is 11.1. The summed E-state index contributed by atoms with van der Waals surface area (Å²) in [6.45, 7) is 0.171. The van der Waals surface area contributed by atoms with Crippen LogP contribution in [0.2, 0.25) is 0 Å². The molecule has 1 saturated carbocycles. The average molecular weight is 270 g/mol. The van der Waals surface area contributed by atoms with E-state index in [1.165, 1.54) is 0 Å². The number of hydrogen-bond acceptors (Lipinski definition) is 3. The Bertz CT molecular complexity index is 347. The number of nitrogens with one attached hydrogen (secondary N) is 1. The van der Waals surface area contributed by atoms with Crippen LogP contribution in [0.1, 0.15) is 51.4 Å². The molecule has 19 heavy (non-hydrogen) atoms. The van der Waals surface area contributed by atoms with E-state index in [9.17, 15) is 19.5 Å². The van der Waals surface area contributed by atoms with E-state index in [1.54, 1.807) is 0 Å². The van der Waals surface area contributed by atoms with Gasteiger partial charge in [-0.15, -0.1) is 0 Å². The lowest BCUT2D eigenvalue weighted by atomic mass is 9.77. The van der Waals surface area contributed by atoms with Crippen molar-refractivity contribution in [3.8, 4) is 0 Å². The Hall–Kier alpha value is -1.59. The van der Waals surface area contributed by atoms with Gasteiger partial charge in [-0.3, -0.25) is 14.4 Å². The number of hydrogen-bond donors (Lipinski definition) is 3. The van der Waals surface area contributed by atoms with Crippen molar-refractivity contribution in [1.29, 1.82) is 0 Å². The first-order valence-electron chi connectivity index (χ1n) is 6.75. The molecular formula is C13H22N2O4. The maximum atomic E-state index is 11.8. The van der Waals surface area contributed by atoms with E-state index in [-0.39, 0.29) is 25.3 Å². The highest BCUT2D eigenvalue weighted by Crippen LogP contribution is 2.38. The molecule has 0 spiro atoms. The second-order valence-corrected chi connectivity index (χ2v) is 5.24. The number of rotatable bonds is 6. The summed E-state index contributed by atoms with van der Waals surface area (Å²) in [6.07, 6.45) is 4.91. The molecule has 0 radical (unpaired) electrons. The molecule has 1 aliphatic rings.